The van der Waals surface area contributed by atoms with E-state index in [-0.39, 0.29) is 0 Å². The Morgan fingerprint density at radius 1 is 1.33 bits per heavy atom. The highest BCUT2D eigenvalue weighted by Crippen LogP contribution is 2.25. The highest BCUT2D eigenvalue weighted by atomic mass is 16.3. The minimum absolute atomic E-state index is 0.728. The lowest BCUT2D eigenvalue weighted by molar-refractivity contribution is 0.283. The first-order chi connectivity index (χ1) is 8.61. The Labute approximate surface area is 107 Å². The molecule has 1 fully saturated rings. The van der Waals surface area contributed by atoms with Crippen molar-refractivity contribution in [3.8, 4) is 0 Å². The molecule has 0 amide bonds. The fourth-order valence-electron chi connectivity index (χ4n) is 2.63. The van der Waals surface area contributed by atoms with Gasteiger partial charge in [-0.3, -0.25) is 4.90 Å². The summed E-state index contributed by atoms with van der Waals surface area (Å²) in [5.41, 5.74) is 8.14. The normalized spacial score (nSPS) is 25.0. The molecule has 0 spiro atoms. The lowest BCUT2D eigenvalue weighted by Crippen LogP contribution is -2.20. The van der Waals surface area contributed by atoms with E-state index in [4.69, 9.17) is 10.2 Å². The second-order valence-corrected chi connectivity index (χ2v) is 5.48. The average molecular weight is 245 g/mol. The maximum atomic E-state index is 5.75. The molecule has 4 heteroatoms. The number of benzene rings is 1. The first-order valence-corrected chi connectivity index (χ1v) is 6.49. The third kappa shape index (κ3) is 2.08. The van der Waals surface area contributed by atoms with E-state index < -0.39 is 0 Å². The SMILES string of the molecule is CC1CN(Cc2nc3cc(N)ccc3o2)CC1C. The molecule has 0 aliphatic carbocycles. The molecule has 1 aromatic carbocycles. The van der Waals surface area contributed by atoms with Gasteiger partial charge in [0.15, 0.2) is 5.58 Å². The zero-order valence-electron chi connectivity index (χ0n) is 10.9. The quantitative estimate of drug-likeness (QED) is 0.826. The van der Waals surface area contributed by atoms with Gasteiger partial charge in [0.2, 0.25) is 5.89 Å². The fourth-order valence-corrected chi connectivity index (χ4v) is 2.63. The maximum Gasteiger partial charge on any atom is 0.209 e. The summed E-state index contributed by atoms with van der Waals surface area (Å²) in [4.78, 5) is 6.90. The monoisotopic (exact) mass is 245 g/mol. The zero-order chi connectivity index (χ0) is 12.7. The van der Waals surface area contributed by atoms with Crippen LogP contribution in [0.5, 0.6) is 0 Å². The number of nitrogens with zero attached hydrogens (tertiary/aromatic N) is 2. The highest BCUT2D eigenvalue weighted by Gasteiger charge is 2.26. The predicted molar refractivity (Wildman–Crippen MR) is 72.0 cm³/mol. The summed E-state index contributed by atoms with van der Waals surface area (Å²) in [7, 11) is 0. The van der Waals surface area contributed by atoms with Crippen LogP contribution in [0.25, 0.3) is 11.1 Å². The summed E-state index contributed by atoms with van der Waals surface area (Å²) >= 11 is 0. The number of hydrogen-bond donors (Lipinski definition) is 1. The van der Waals surface area contributed by atoms with Gasteiger partial charge in [0.25, 0.3) is 0 Å². The number of likely N-dealkylation sites (tertiary alicyclic amines) is 1. The number of nitrogens with two attached hydrogens (primary N) is 1. The number of nitrogen functional groups attached to an aromatic ring is 1. The number of fused-ring (bicyclic) bond motifs is 1. The first kappa shape index (κ1) is 11.5. The second kappa shape index (κ2) is 4.28. The molecule has 0 bridgehead atoms. The molecule has 1 aliphatic rings. The summed E-state index contributed by atoms with van der Waals surface area (Å²) in [5.74, 6) is 2.30. The van der Waals surface area contributed by atoms with Crippen LogP contribution in [0.3, 0.4) is 0 Å². The van der Waals surface area contributed by atoms with Gasteiger partial charge >= 0.3 is 0 Å². The first-order valence-electron chi connectivity index (χ1n) is 6.49. The molecule has 2 aromatic rings. The van der Waals surface area contributed by atoms with Gasteiger partial charge in [0.05, 0.1) is 6.54 Å². The molecule has 18 heavy (non-hydrogen) atoms. The van der Waals surface area contributed by atoms with Crippen LogP contribution in [0.1, 0.15) is 19.7 Å². The van der Waals surface area contributed by atoms with E-state index in [0.29, 0.717) is 0 Å². The van der Waals surface area contributed by atoms with Gasteiger partial charge in [-0.1, -0.05) is 13.8 Å². The van der Waals surface area contributed by atoms with Crippen LogP contribution in [-0.4, -0.2) is 23.0 Å². The molecule has 2 N–H and O–H groups in total. The van der Waals surface area contributed by atoms with Crippen LogP contribution >= 0.6 is 0 Å². The van der Waals surface area contributed by atoms with Crippen LogP contribution in [0.15, 0.2) is 22.6 Å². The zero-order valence-corrected chi connectivity index (χ0v) is 10.9. The van der Waals surface area contributed by atoms with Crippen LogP contribution in [-0.2, 0) is 6.54 Å². The number of hydrogen-bond acceptors (Lipinski definition) is 4. The molecule has 1 aromatic heterocycles. The molecular formula is C14H19N3O. The van der Waals surface area contributed by atoms with Crippen LogP contribution in [0.4, 0.5) is 5.69 Å². The molecule has 2 heterocycles. The largest absolute Gasteiger partial charge is 0.439 e. The number of oxazole rings is 1. The lowest BCUT2D eigenvalue weighted by Gasteiger charge is -2.11. The van der Waals surface area contributed by atoms with E-state index in [1.54, 1.807) is 0 Å². The molecule has 2 atom stereocenters. The maximum absolute atomic E-state index is 5.75. The third-order valence-corrected chi connectivity index (χ3v) is 3.88. The highest BCUT2D eigenvalue weighted by molar-refractivity contribution is 5.76. The van der Waals surface area contributed by atoms with Crippen molar-refractivity contribution in [1.82, 2.24) is 9.88 Å². The second-order valence-electron chi connectivity index (χ2n) is 5.48. The van der Waals surface area contributed by atoms with Crippen molar-refractivity contribution in [1.29, 1.82) is 0 Å². The van der Waals surface area contributed by atoms with E-state index in [1.807, 2.05) is 18.2 Å². The molecule has 0 radical (unpaired) electrons. The summed E-state index contributed by atoms with van der Waals surface area (Å²) in [6.07, 6.45) is 0. The minimum Gasteiger partial charge on any atom is -0.439 e. The van der Waals surface area contributed by atoms with Gasteiger partial charge in [-0.15, -0.1) is 0 Å². The van der Waals surface area contributed by atoms with E-state index in [9.17, 15) is 0 Å². The molecule has 0 saturated carbocycles. The van der Waals surface area contributed by atoms with Crippen molar-refractivity contribution in [3.63, 3.8) is 0 Å². The third-order valence-electron chi connectivity index (χ3n) is 3.88. The van der Waals surface area contributed by atoms with E-state index in [2.05, 4.69) is 23.7 Å². The predicted octanol–water partition coefficient (Wildman–Crippen LogP) is 2.50. The topological polar surface area (TPSA) is 55.3 Å². The van der Waals surface area contributed by atoms with E-state index in [1.165, 1.54) is 0 Å². The Morgan fingerprint density at radius 3 is 2.78 bits per heavy atom. The van der Waals surface area contributed by atoms with Gasteiger partial charge < -0.3 is 10.2 Å². The average Bonchev–Trinajstić information content (AvgIpc) is 2.82. The fraction of sp³-hybridized carbons (Fsp3) is 0.500. The summed E-state index contributed by atoms with van der Waals surface area (Å²) in [6.45, 7) is 7.65. The minimum atomic E-state index is 0.728. The van der Waals surface area contributed by atoms with Crippen molar-refractivity contribution in [2.24, 2.45) is 11.8 Å². The molecule has 4 nitrogen and oxygen atoms in total. The summed E-state index contributed by atoms with van der Waals surface area (Å²) in [6, 6.07) is 5.59. The number of anilines is 1. The molecular weight excluding hydrogens is 226 g/mol. The Balaban J connectivity index is 1.79. The smallest absolute Gasteiger partial charge is 0.209 e. The molecule has 1 saturated heterocycles. The van der Waals surface area contributed by atoms with Gasteiger partial charge in [0.1, 0.15) is 5.52 Å². The van der Waals surface area contributed by atoms with E-state index >= 15 is 0 Å². The Kier molecular flexibility index (Phi) is 2.74. The Morgan fingerprint density at radius 2 is 2.06 bits per heavy atom. The Hall–Kier alpha value is -1.55. The summed E-state index contributed by atoms with van der Waals surface area (Å²) in [5, 5.41) is 0. The number of aromatic nitrogens is 1. The van der Waals surface area contributed by atoms with Crippen molar-refractivity contribution in [3.05, 3.63) is 24.1 Å². The van der Waals surface area contributed by atoms with Crippen LogP contribution < -0.4 is 5.73 Å². The number of rotatable bonds is 2. The van der Waals surface area contributed by atoms with Crippen LogP contribution in [0, 0.1) is 11.8 Å². The van der Waals surface area contributed by atoms with Crippen molar-refractivity contribution in [2.45, 2.75) is 20.4 Å². The van der Waals surface area contributed by atoms with Crippen LogP contribution in [0.2, 0.25) is 0 Å². The van der Waals surface area contributed by atoms with Gasteiger partial charge in [-0.05, 0) is 30.0 Å². The standard InChI is InChI=1S/C14H19N3O/c1-9-6-17(7-10(9)2)8-14-16-12-5-11(15)3-4-13(12)18-14/h3-5,9-10H,6-8,15H2,1-2H3. The van der Waals surface area contributed by atoms with Crippen molar-refractivity contribution < 1.29 is 4.42 Å². The molecule has 2 unspecified atom stereocenters. The summed E-state index contributed by atoms with van der Waals surface area (Å²) < 4.78 is 5.75. The molecule has 1 aliphatic heterocycles. The van der Waals surface area contributed by atoms with E-state index in [0.717, 1.165) is 54.1 Å². The van der Waals surface area contributed by atoms with Gasteiger partial charge in [-0.2, -0.15) is 0 Å². The van der Waals surface area contributed by atoms with Gasteiger partial charge in [0, 0.05) is 18.8 Å². The molecule has 96 valence electrons. The lowest BCUT2D eigenvalue weighted by atomic mass is 10.0. The molecule has 3 rings (SSSR count). The Bertz CT molecular complexity index is 553. The van der Waals surface area contributed by atoms with Crippen molar-refractivity contribution in [2.75, 3.05) is 18.8 Å². The van der Waals surface area contributed by atoms with Crippen molar-refractivity contribution >= 4 is 16.8 Å². The van der Waals surface area contributed by atoms with Gasteiger partial charge in [-0.25, -0.2) is 4.98 Å².